The van der Waals surface area contributed by atoms with Crippen LogP contribution in [0.25, 0.3) is 0 Å². The van der Waals surface area contributed by atoms with Gasteiger partial charge in [0.2, 0.25) is 0 Å². The van der Waals surface area contributed by atoms with Crippen LogP contribution in [0.4, 0.5) is 11.4 Å². The molecule has 0 radical (unpaired) electrons. The van der Waals surface area contributed by atoms with E-state index in [0.717, 1.165) is 34.5 Å². The molecule has 0 saturated heterocycles. The van der Waals surface area contributed by atoms with Gasteiger partial charge in [0.25, 0.3) is 11.8 Å². The van der Waals surface area contributed by atoms with Crippen molar-refractivity contribution in [1.82, 2.24) is 4.98 Å². The molecule has 1 aromatic heterocycles. The van der Waals surface area contributed by atoms with E-state index in [1.165, 1.54) is 6.20 Å². The quantitative estimate of drug-likeness (QED) is 0.720. The molecular formula is C24H23N3O2. The second kappa shape index (κ2) is 7.51. The van der Waals surface area contributed by atoms with Gasteiger partial charge in [-0.3, -0.25) is 14.6 Å². The van der Waals surface area contributed by atoms with E-state index in [4.69, 9.17) is 0 Å². The number of aromatic nitrogens is 1. The first kappa shape index (κ1) is 18.9. The van der Waals surface area contributed by atoms with Crippen molar-refractivity contribution >= 4 is 23.2 Å². The first-order valence-electron chi connectivity index (χ1n) is 9.71. The molecule has 3 aromatic rings. The van der Waals surface area contributed by atoms with Gasteiger partial charge in [-0.1, -0.05) is 36.4 Å². The van der Waals surface area contributed by atoms with E-state index in [9.17, 15) is 9.59 Å². The number of nitrogens with zero attached hydrogens (tertiary/aromatic N) is 2. The number of hydrogen-bond donors (Lipinski definition) is 1. The van der Waals surface area contributed by atoms with Crippen LogP contribution in [-0.4, -0.2) is 22.8 Å². The third-order valence-electron chi connectivity index (χ3n) is 5.39. The summed E-state index contributed by atoms with van der Waals surface area (Å²) < 4.78 is 0. The molecular weight excluding hydrogens is 362 g/mol. The molecule has 0 fully saturated rings. The van der Waals surface area contributed by atoms with Crippen molar-refractivity contribution in [1.29, 1.82) is 0 Å². The fourth-order valence-electron chi connectivity index (χ4n) is 3.89. The second-order valence-corrected chi connectivity index (χ2v) is 7.51. The molecule has 1 atom stereocenters. The number of carbonyl (C=O) groups excluding carboxylic acids is 2. The summed E-state index contributed by atoms with van der Waals surface area (Å²) in [6, 6.07) is 17.1. The zero-order valence-corrected chi connectivity index (χ0v) is 16.8. The Balaban J connectivity index is 1.61. The summed E-state index contributed by atoms with van der Waals surface area (Å²) in [5.74, 6) is -0.446. The number of nitrogens with one attached hydrogen (secondary N) is 1. The van der Waals surface area contributed by atoms with Crippen molar-refractivity contribution in [3.8, 4) is 0 Å². The van der Waals surface area contributed by atoms with Crippen LogP contribution in [0.5, 0.6) is 0 Å². The molecule has 146 valence electrons. The summed E-state index contributed by atoms with van der Waals surface area (Å²) in [6.45, 7) is 5.93. The molecule has 1 N–H and O–H groups in total. The molecule has 29 heavy (non-hydrogen) atoms. The minimum atomic E-state index is -0.327. The Morgan fingerprint density at radius 2 is 1.76 bits per heavy atom. The lowest BCUT2D eigenvalue weighted by molar-refractivity contribution is 0.0981. The van der Waals surface area contributed by atoms with Crippen molar-refractivity contribution in [2.45, 2.75) is 33.2 Å². The molecule has 0 aliphatic carbocycles. The van der Waals surface area contributed by atoms with Gasteiger partial charge in [-0.15, -0.1) is 0 Å². The largest absolute Gasteiger partial charge is 0.320 e. The number of rotatable bonds is 3. The highest BCUT2D eigenvalue weighted by Gasteiger charge is 2.31. The minimum absolute atomic E-state index is 0.0694. The standard InChI is InChI=1S/C24H23N3O2/c1-15-7-6-8-16(2)22(15)26-23(28)20-14-19(11-12-25-20)24(29)27-17(3)13-18-9-4-5-10-21(18)27/h4-12,14,17H,13H2,1-3H3,(H,26,28). The van der Waals surface area contributed by atoms with E-state index >= 15 is 0 Å². The monoisotopic (exact) mass is 385 g/mol. The van der Waals surface area contributed by atoms with Crippen molar-refractivity contribution in [3.05, 3.63) is 88.7 Å². The van der Waals surface area contributed by atoms with E-state index in [0.29, 0.717) is 5.56 Å². The number of para-hydroxylation sites is 2. The topological polar surface area (TPSA) is 62.3 Å². The molecule has 1 unspecified atom stereocenters. The Morgan fingerprint density at radius 3 is 2.52 bits per heavy atom. The maximum atomic E-state index is 13.2. The number of fused-ring (bicyclic) bond motifs is 1. The predicted molar refractivity (Wildman–Crippen MR) is 115 cm³/mol. The van der Waals surface area contributed by atoms with Crippen LogP contribution in [-0.2, 0) is 6.42 Å². The van der Waals surface area contributed by atoms with Crippen LogP contribution in [0.1, 0.15) is 44.5 Å². The second-order valence-electron chi connectivity index (χ2n) is 7.51. The van der Waals surface area contributed by atoms with Crippen LogP contribution < -0.4 is 10.2 Å². The molecule has 1 aliphatic rings. The first-order valence-corrected chi connectivity index (χ1v) is 9.71. The Kier molecular flexibility index (Phi) is 4.89. The molecule has 0 spiro atoms. The SMILES string of the molecule is Cc1cccc(C)c1NC(=O)c1cc(C(=O)N2c3ccccc3CC2C)ccn1. The Bertz CT molecular complexity index is 1090. The zero-order valence-electron chi connectivity index (χ0n) is 16.8. The highest BCUT2D eigenvalue weighted by molar-refractivity contribution is 6.10. The normalized spacial score (nSPS) is 15.1. The van der Waals surface area contributed by atoms with Crippen LogP contribution in [0.3, 0.4) is 0 Å². The molecule has 5 heteroatoms. The van der Waals surface area contributed by atoms with Gasteiger partial charge < -0.3 is 10.2 Å². The Labute approximate surface area is 170 Å². The highest BCUT2D eigenvalue weighted by atomic mass is 16.2. The number of amides is 2. The number of aryl methyl sites for hydroxylation is 2. The van der Waals surface area contributed by atoms with E-state index in [2.05, 4.69) is 16.4 Å². The van der Waals surface area contributed by atoms with Crippen molar-refractivity contribution in [2.24, 2.45) is 0 Å². The van der Waals surface area contributed by atoms with Crippen LogP contribution in [0, 0.1) is 13.8 Å². The molecule has 2 heterocycles. The number of hydrogen-bond acceptors (Lipinski definition) is 3. The summed E-state index contributed by atoms with van der Waals surface area (Å²) in [4.78, 5) is 32.0. The summed E-state index contributed by atoms with van der Waals surface area (Å²) in [5.41, 5.74) is 5.51. The molecule has 0 bridgehead atoms. The molecule has 2 aromatic carbocycles. The summed E-state index contributed by atoms with van der Waals surface area (Å²) in [5, 5.41) is 2.93. The van der Waals surface area contributed by atoms with E-state index in [-0.39, 0.29) is 23.6 Å². The number of pyridine rings is 1. The van der Waals surface area contributed by atoms with Crippen LogP contribution >= 0.6 is 0 Å². The predicted octanol–water partition coefficient (Wildman–Crippen LogP) is 4.54. The molecule has 1 aliphatic heterocycles. The van der Waals surface area contributed by atoms with Crippen molar-refractivity contribution < 1.29 is 9.59 Å². The Hall–Kier alpha value is -3.47. The summed E-state index contributed by atoms with van der Waals surface area (Å²) in [7, 11) is 0. The maximum absolute atomic E-state index is 13.2. The van der Waals surface area contributed by atoms with Crippen molar-refractivity contribution in [2.75, 3.05) is 10.2 Å². The molecule has 2 amide bonds. The minimum Gasteiger partial charge on any atom is -0.320 e. The van der Waals surface area contributed by atoms with Gasteiger partial charge >= 0.3 is 0 Å². The first-order chi connectivity index (χ1) is 14.0. The van der Waals surface area contributed by atoms with Gasteiger partial charge in [-0.05, 0) is 62.1 Å². The number of anilines is 2. The lowest BCUT2D eigenvalue weighted by atomic mass is 10.1. The molecule has 4 rings (SSSR count). The van der Waals surface area contributed by atoms with E-state index in [1.54, 1.807) is 17.0 Å². The third-order valence-corrected chi connectivity index (χ3v) is 5.39. The lowest BCUT2D eigenvalue weighted by Crippen LogP contribution is -2.35. The maximum Gasteiger partial charge on any atom is 0.274 e. The van der Waals surface area contributed by atoms with Crippen molar-refractivity contribution in [3.63, 3.8) is 0 Å². The average Bonchev–Trinajstić information content (AvgIpc) is 3.06. The zero-order chi connectivity index (χ0) is 20.5. The molecule has 0 saturated carbocycles. The summed E-state index contributed by atoms with van der Waals surface area (Å²) in [6.07, 6.45) is 2.34. The highest BCUT2D eigenvalue weighted by Crippen LogP contribution is 2.33. The molecule has 5 nitrogen and oxygen atoms in total. The smallest absolute Gasteiger partial charge is 0.274 e. The Morgan fingerprint density at radius 1 is 1.03 bits per heavy atom. The summed E-state index contributed by atoms with van der Waals surface area (Å²) >= 11 is 0. The van der Waals surface area contributed by atoms with Gasteiger partial charge in [0.1, 0.15) is 5.69 Å². The van der Waals surface area contributed by atoms with Gasteiger partial charge in [0.05, 0.1) is 0 Å². The van der Waals surface area contributed by atoms with Gasteiger partial charge in [-0.2, -0.15) is 0 Å². The third kappa shape index (κ3) is 3.51. The lowest BCUT2D eigenvalue weighted by Gasteiger charge is -2.23. The van der Waals surface area contributed by atoms with Gasteiger partial charge in [0.15, 0.2) is 0 Å². The van der Waals surface area contributed by atoms with E-state index in [1.807, 2.05) is 57.2 Å². The van der Waals surface area contributed by atoms with Crippen LogP contribution in [0.15, 0.2) is 60.8 Å². The number of benzene rings is 2. The van der Waals surface area contributed by atoms with Gasteiger partial charge in [0, 0.05) is 29.2 Å². The fraction of sp³-hybridized carbons (Fsp3) is 0.208. The van der Waals surface area contributed by atoms with Crippen LogP contribution in [0.2, 0.25) is 0 Å². The fourth-order valence-corrected chi connectivity index (χ4v) is 3.89. The van der Waals surface area contributed by atoms with Gasteiger partial charge in [-0.25, -0.2) is 0 Å². The van der Waals surface area contributed by atoms with E-state index < -0.39 is 0 Å². The number of carbonyl (C=O) groups is 2. The average molecular weight is 385 g/mol.